The first-order valence-electron chi connectivity index (χ1n) is 5.26. The highest BCUT2D eigenvalue weighted by Gasteiger charge is 2.22. The Morgan fingerprint density at radius 2 is 2.00 bits per heavy atom. The fourth-order valence-corrected chi connectivity index (χ4v) is 1.51. The van der Waals surface area contributed by atoms with Gasteiger partial charge in [0, 0.05) is 7.05 Å². The van der Waals surface area contributed by atoms with Crippen LogP contribution in [0.1, 0.15) is 18.6 Å². The van der Waals surface area contributed by atoms with Crippen molar-refractivity contribution in [1.82, 2.24) is 4.90 Å². The van der Waals surface area contributed by atoms with Crippen LogP contribution in [-0.2, 0) is 4.79 Å². The summed E-state index contributed by atoms with van der Waals surface area (Å²) in [7, 11) is 1.64. The molecular weight excluding hydrogens is 204 g/mol. The second kappa shape index (κ2) is 5.63. The molecule has 0 radical (unpaired) electrons. The highest BCUT2D eigenvalue weighted by atomic mass is 16.3. The molecule has 0 spiro atoms. The molecule has 1 aromatic carbocycles. The van der Waals surface area contributed by atoms with Crippen molar-refractivity contribution in [2.45, 2.75) is 19.1 Å². The second-order valence-corrected chi connectivity index (χ2v) is 3.80. The lowest BCUT2D eigenvalue weighted by Crippen LogP contribution is -2.42. The van der Waals surface area contributed by atoms with E-state index in [1.807, 2.05) is 30.3 Å². The van der Waals surface area contributed by atoms with Gasteiger partial charge in [-0.2, -0.15) is 0 Å². The van der Waals surface area contributed by atoms with Crippen LogP contribution in [0.5, 0.6) is 0 Å². The fraction of sp³-hybridized carbons (Fsp3) is 0.417. The molecule has 88 valence electrons. The predicted molar refractivity (Wildman–Crippen MR) is 62.7 cm³/mol. The Labute approximate surface area is 95.7 Å². The Morgan fingerprint density at radius 3 is 2.50 bits per heavy atom. The van der Waals surface area contributed by atoms with Crippen LogP contribution in [0.2, 0.25) is 0 Å². The van der Waals surface area contributed by atoms with Gasteiger partial charge in [-0.15, -0.1) is 0 Å². The van der Waals surface area contributed by atoms with Crippen LogP contribution < -0.4 is 5.73 Å². The molecule has 16 heavy (non-hydrogen) atoms. The Balaban J connectivity index is 2.74. The number of hydrogen-bond acceptors (Lipinski definition) is 3. The zero-order chi connectivity index (χ0) is 12.1. The lowest BCUT2D eigenvalue weighted by molar-refractivity contribution is -0.132. The summed E-state index contributed by atoms with van der Waals surface area (Å²) >= 11 is 0. The molecule has 0 aliphatic rings. The number of nitrogens with two attached hydrogens (primary N) is 1. The minimum atomic E-state index is -0.693. The van der Waals surface area contributed by atoms with Crippen LogP contribution in [0.3, 0.4) is 0 Å². The minimum absolute atomic E-state index is 0.0393. The van der Waals surface area contributed by atoms with Crippen LogP contribution in [0.15, 0.2) is 30.3 Å². The summed E-state index contributed by atoms with van der Waals surface area (Å²) in [5.41, 5.74) is 6.07. The van der Waals surface area contributed by atoms with Gasteiger partial charge in [0.25, 0.3) is 0 Å². The lowest BCUT2D eigenvalue weighted by Gasteiger charge is -2.28. The first-order valence-corrected chi connectivity index (χ1v) is 5.26. The normalized spacial score (nSPS) is 14.2. The van der Waals surface area contributed by atoms with Gasteiger partial charge in [-0.05, 0) is 12.5 Å². The van der Waals surface area contributed by atoms with E-state index in [1.165, 1.54) is 4.90 Å². The number of nitrogens with zero attached hydrogens (tertiary/aromatic N) is 1. The fourth-order valence-electron chi connectivity index (χ4n) is 1.51. The van der Waals surface area contributed by atoms with Crippen LogP contribution in [-0.4, -0.2) is 35.5 Å². The first kappa shape index (κ1) is 12.7. The maximum absolute atomic E-state index is 11.4. The summed E-state index contributed by atoms with van der Waals surface area (Å²) in [6.07, 6.45) is -0.693. The van der Waals surface area contributed by atoms with E-state index in [-0.39, 0.29) is 18.5 Å². The molecule has 2 atom stereocenters. The summed E-state index contributed by atoms with van der Waals surface area (Å²) in [6.45, 7) is 1.76. The SMILES string of the molecule is C[C@@H]([C@@H](O)c1ccccc1)N(C)C(=O)CN. The summed E-state index contributed by atoms with van der Waals surface area (Å²) in [5, 5.41) is 10.1. The minimum Gasteiger partial charge on any atom is -0.386 e. The average Bonchev–Trinajstić information content (AvgIpc) is 2.36. The van der Waals surface area contributed by atoms with Gasteiger partial charge in [-0.3, -0.25) is 4.79 Å². The van der Waals surface area contributed by atoms with E-state index in [1.54, 1.807) is 14.0 Å². The van der Waals surface area contributed by atoms with E-state index in [0.717, 1.165) is 5.56 Å². The molecule has 4 heteroatoms. The molecule has 3 N–H and O–H groups in total. The van der Waals surface area contributed by atoms with Gasteiger partial charge < -0.3 is 15.7 Å². The quantitative estimate of drug-likeness (QED) is 0.780. The third-order valence-electron chi connectivity index (χ3n) is 2.78. The van der Waals surface area contributed by atoms with E-state index in [0.29, 0.717) is 0 Å². The van der Waals surface area contributed by atoms with Crippen molar-refractivity contribution < 1.29 is 9.90 Å². The van der Waals surface area contributed by atoms with Crippen molar-refractivity contribution in [3.8, 4) is 0 Å². The molecule has 0 aliphatic heterocycles. The van der Waals surface area contributed by atoms with Gasteiger partial charge in [0.1, 0.15) is 0 Å². The molecule has 0 saturated carbocycles. The molecule has 4 nitrogen and oxygen atoms in total. The van der Waals surface area contributed by atoms with Crippen LogP contribution >= 0.6 is 0 Å². The Kier molecular flexibility index (Phi) is 4.46. The topological polar surface area (TPSA) is 66.6 Å². The number of hydrogen-bond donors (Lipinski definition) is 2. The second-order valence-electron chi connectivity index (χ2n) is 3.80. The van der Waals surface area contributed by atoms with E-state index in [2.05, 4.69) is 0 Å². The summed E-state index contributed by atoms with van der Waals surface area (Å²) < 4.78 is 0. The van der Waals surface area contributed by atoms with Crippen molar-refractivity contribution in [3.63, 3.8) is 0 Å². The zero-order valence-electron chi connectivity index (χ0n) is 9.63. The molecular formula is C12H18N2O2. The number of rotatable bonds is 4. The van der Waals surface area contributed by atoms with Crippen molar-refractivity contribution >= 4 is 5.91 Å². The van der Waals surface area contributed by atoms with Crippen LogP contribution in [0.25, 0.3) is 0 Å². The van der Waals surface area contributed by atoms with Crippen molar-refractivity contribution in [1.29, 1.82) is 0 Å². The van der Waals surface area contributed by atoms with Crippen LogP contribution in [0, 0.1) is 0 Å². The third kappa shape index (κ3) is 2.81. The Bertz CT molecular complexity index is 340. The van der Waals surface area contributed by atoms with E-state index in [9.17, 15) is 9.90 Å². The van der Waals surface area contributed by atoms with E-state index in [4.69, 9.17) is 5.73 Å². The maximum Gasteiger partial charge on any atom is 0.236 e. The standard InChI is InChI=1S/C12H18N2O2/c1-9(14(2)11(15)8-13)12(16)10-6-4-3-5-7-10/h3-7,9,12,16H,8,13H2,1-2H3/t9-,12+/m0/s1. The molecule has 0 unspecified atom stereocenters. The van der Waals surface area contributed by atoms with Crippen molar-refractivity contribution in [2.75, 3.05) is 13.6 Å². The Morgan fingerprint density at radius 1 is 1.44 bits per heavy atom. The summed E-state index contributed by atoms with van der Waals surface area (Å²) in [4.78, 5) is 12.8. The predicted octanol–water partition coefficient (Wildman–Crippen LogP) is 0.526. The van der Waals surface area contributed by atoms with Crippen LogP contribution in [0.4, 0.5) is 0 Å². The number of aliphatic hydroxyl groups is 1. The lowest BCUT2D eigenvalue weighted by atomic mass is 10.0. The summed E-state index contributed by atoms with van der Waals surface area (Å²) in [5.74, 6) is -0.178. The molecule has 0 bridgehead atoms. The third-order valence-corrected chi connectivity index (χ3v) is 2.78. The molecule has 0 aromatic heterocycles. The van der Waals surface area contributed by atoms with E-state index >= 15 is 0 Å². The van der Waals surface area contributed by atoms with Gasteiger partial charge in [0.15, 0.2) is 0 Å². The monoisotopic (exact) mass is 222 g/mol. The molecule has 0 fully saturated rings. The van der Waals surface area contributed by atoms with E-state index < -0.39 is 6.10 Å². The zero-order valence-corrected chi connectivity index (χ0v) is 9.63. The smallest absolute Gasteiger partial charge is 0.236 e. The number of carbonyl (C=O) groups is 1. The van der Waals surface area contributed by atoms with Gasteiger partial charge in [0.05, 0.1) is 18.7 Å². The number of benzene rings is 1. The van der Waals surface area contributed by atoms with Gasteiger partial charge in [0.2, 0.25) is 5.91 Å². The molecule has 0 aliphatic carbocycles. The molecule has 1 aromatic rings. The van der Waals surface area contributed by atoms with Gasteiger partial charge in [-0.25, -0.2) is 0 Å². The number of likely N-dealkylation sites (N-methyl/N-ethyl adjacent to an activating group) is 1. The average molecular weight is 222 g/mol. The first-order chi connectivity index (χ1) is 7.57. The van der Waals surface area contributed by atoms with Crippen molar-refractivity contribution in [2.24, 2.45) is 5.73 Å². The Hall–Kier alpha value is -1.39. The maximum atomic E-state index is 11.4. The molecule has 1 amide bonds. The largest absolute Gasteiger partial charge is 0.386 e. The number of amides is 1. The molecule has 1 rings (SSSR count). The highest BCUT2D eigenvalue weighted by Crippen LogP contribution is 2.19. The highest BCUT2D eigenvalue weighted by molar-refractivity contribution is 5.78. The van der Waals surface area contributed by atoms with Gasteiger partial charge >= 0.3 is 0 Å². The summed E-state index contributed by atoms with van der Waals surface area (Å²) in [6, 6.07) is 8.98. The number of carbonyl (C=O) groups excluding carboxylic acids is 1. The van der Waals surface area contributed by atoms with Crippen molar-refractivity contribution in [3.05, 3.63) is 35.9 Å². The van der Waals surface area contributed by atoms with Gasteiger partial charge in [-0.1, -0.05) is 30.3 Å². The number of aliphatic hydroxyl groups excluding tert-OH is 1. The molecule has 0 saturated heterocycles. The molecule has 0 heterocycles.